The third-order valence-electron chi connectivity index (χ3n) is 11.3. The summed E-state index contributed by atoms with van der Waals surface area (Å²) in [6.45, 7) is 14.4. The molecule has 6 aromatic rings. The molecule has 19 heteroatoms. The van der Waals surface area contributed by atoms with Crippen molar-refractivity contribution in [2.75, 3.05) is 73.3 Å². The summed E-state index contributed by atoms with van der Waals surface area (Å²) in [7, 11) is 4.30. The first kappa shape index (κ1) is 68.9. The maximum absolute atomic E-state index is 11.1. The standard InChI is InChI=1S/C16H13NO.C14H11N.C8H19NO3Si.C8H19NO2Si.C6H17NO3Si.C2H3ClO.CH4/c1-11(18)17-16-7-6-14-8-12-4-2-3-5-13(12)9-15(14)10-16;15-14-6-5-12-7-10-3-1-2-4-11(10)8-13(12)9-14;1-8(10)9-6-5-7-13(4,11-2)12-3;1-8(10)9-6-5-7-12(3,4)11-2;1-8-11(9-2,10-3)6-4-5-7;1-2(3)4;/h2-10H,1H3,(H,17,18);1-9H,15H2;5-7H2,1-4H3,(H,9,10);5-7H2,1-4H3,(H,9,10);4-7H2,1-3H3;1H3;1H4. The van der Waals surface area contributed by atoms with Crippen LogP contribution in [0.2, 0.25) is 37.8 Å². The molecule has 0 fully saturated rings. The number of benzene rings is 6. The second-order valence-corrected chi connectivity index (χ2v) is 29.2. The van der Waals surface area contributed by atoms with Crippen molar-refractivity contribution in [2.24, 2.45) is 5.73 Å². The van der Waals surface area contributed by atoms with Crippen LogP contribution in [0.15, 0.2) is 109 Å². The topological polar surface area (TPSA) is 212 Å². The Hall–Kier alpha value is -5.10. The van der Waals surface area contributed by atoms with E-state index in [4.69, 9.17) is 38.0 Å². The van der Waals surface area contributed by atoms with E-state index < -0.39 is 25.7 Å². The van der Waals surface area contributed by atoms with Crippen molar-refractivity contribution in [3.05, 3.63) is 109 Å². The number of amides is 3. The number of carbonyl (C=O) groups is 4. The van der Waals surface area contributed by atoms with Crippen molar-refractivity contribution < 1.29 is 45.7 Å². The molecule has 0 aliphatic rings. The molecule has 0 spiro atoms. The van der Waals surface area contributed by atoms with Crippen LogP contribution in [0.4, 0.5) is 11.4 Å². The number of nitrogens with one attached hydrogen (secondary N) is 3. The Balaban J connectivity index is 0.000000891. The largest absolute Gasteiger partial charge is 0.500 e. The van der Waals surface area contributed by atoms with Gasteiger partial charge in [-0.15, -0.1) is 0 Å². The van der Waals surface area contributed by atoms with Gasteiger partial charge in [-0.3, -0.25) is 19.2 Å². The molecular formula is C55H86ClN5O10Si3. The fourth-order valence-corrected chi connectivity index (χ4v) is 11.3. The van der Waals surface area contributed by atoms with Crippen LogP contribution in [0, 0.1) is 0 Å². The summed E-state index contributed by atoms with van der Waals surface area (Å²) < 4.78 is 31.5. The molecule has 0 bridgehead atoms. The normalized spacial score (nSPS) is 10.8. The van der Waals surface area contributed by atoms with Gasteiger partial charge in [0.15, 0.2) is 8.32 Å². The van der Waals surface area contributed by atoms with E-state index in [9.17, 15) is 19.2 Å². The molecule has 3 amide bonds. The van der Waals surface area contributed by atoms with Crippen LogP contribution in [-0.2, 0) is 45.7 Å². The SMILES string of the molecule is C.CC(=O)Cl.CC(=O)Nc1ccc2cc3ccccc3cc2c1.CO[Si](C)(C)CCCNC(C)=O.CO[Si](C)(CCCNC(C)=O)OC.CO[Si](CCCN)(OC)OC.Nc1ccc2cc3ccccc3cc2c1. The van der Waals surface area contributed by atoms with E-state index in [0.29, 0.717) is 13.1 Å². The summed E-state index contributed by atoms with van der Waals surface area (Å²) in [6, 6.07) is 40.1. The Morgan fingerprint density at radius 3 is 1.27 bits per heavy atom. The monoisotopic (exact) mass is 1100 g/mol. The second kappa shape index (κ2) is 36.8. The zero-order valence-electron chi connectivity index (χ0n) is 45.4. The first-order valence-corrected chi connectivity index (χ1v) is 32.0. The molecule has 7 N–H and O–H groups in total. The number of fused-ring (bicyclic) bond motifs is 4. The highest BCUT2D eigenvalue weighted by Gasteiger charge is 2.36. The summed E-state index contributed by atoms with van der Waals surface area (Å²) in [6.07, 6.45) is 2.80. The fourth-order valence-electron chi connectivity index (χ4n) is 6.90. The molecule has 0 aliphatic heterocycles. The lowest BCUT2D eigenvalue weighted by molar-refractivity contribution is -0.119. The number of rotatable bonds is 18. The maximum Gasteiger partial charge on any atom is 0.500 e. The van der Waals surface area contributed by atoms with Crippen LogP contribution in [0.25, 0.3) is 43.1 Å². The predicted molar refractivity (Wildman–Crippen MR) is 316 cm³/mol. The van der Waals surface area contributed by atoms with Crippen molar-refractivity contribution >= 4 is 115 Å². The summed E-state index contributed by atoms with van der Waals surface area (Å²) >= 11 is 4.64. The van der Waals surface area contributed by atoms with E-state index in [1.807, 2.05) is 49.0 Å². The van der Waals surface area contributed by atoms with Crippen LogP contribution in [0.5, 0.6) is 0 Å². The van der Waals surface area contributed by atoms with Crippen molar-refractivity contribution in [3.8, 4) is 0 Å². The number of anilines is 2. The molecule has 0 radical (unpaired) electrons. The average Bonchev–Trinajstić information content (AvgIpc) is 3.36. The van der Waals surface area contributed by atoms with Crippen LogP contribution >= 0.6 is 11.6 Å². The van der Waals surface area contributed by atoms with E-state index in [-0.39, 0.29) is 30.4 Å². The van der Waals surface area contributed by atoms with Gasteiger partial charge in [0, 0.05) is 101 Å². The van der Waals surface area contributed by atoms with Gasteiger partial charge in [0.25, 0.3) is 0 Å². The highest BCUT2D eigenvalue weighted by atomic mass is 35.5. The third kappa shape index (κ3) is 28.0. The molecule has 0 saturated heterocycles. The first-order valence-electron chi connectivity index (χ1n) is 24.1. The molecule has 410 valence electrons. The maximum atomic E-state index is 11.1. The number of halogens is 1. The minimum absolute atomic E-state index is 0. The zero-order chi connectivity index (χ0) is 55.0. The van der Waals surface area contributed by atoms with Crippen LogP contribution in [0.3, 0.4) is 0 Å². The van der Waals surface area contributed by atoms with E-state index in [0.717, 1.165) is 60.7 Å². The minimum Gasteiger partial charge on any atom is -0.420 e. The first-order chi connectivity index (χ1) is 34.5. The second-order valence-electron chi connectivity index (χ2n) is 17.6. The molecule has 74 heavy (non-hydrogen) atoms. The lowest BCUT2D eigenvalue weighted by Gasteiger charge is -2.23. The van der Waals surface area contributed by atoms with Crippen LogP contribution in [-0.4, -0.2) is 111 Å². The van der Waals surface area contributed by atoms with Crippen molar-refractivity contribution in [1.82, 2.24) is 10.6 Å². The number of hydrogen-bond donors (Lipinski definition) is 5. The molecule has 6 aromatic carbocycles. The summed E-state index contributed by atoms with van der Waals surface area (Å²) in [5.41, 5.74) is 12.8. The number of nitrogen functional groups attached to an aromatic ring is 1. The van der Waals surface area contributed by atoms with E-state index in [1.54, 1.807) is 49.6 Å². The minimum atomic E-state index is -2.32. The summed E-state index contributed by atoms with van der Waals surface area (Å²) in [5, 5.41) is 17.7. The Morgan fingerprint density at radius 1 is 0.500 bits per heavy atom. The Labute approximate surface area is 449 Å². The molecular weight excluding hydrogens is 1010 g/mol. The summed E-state index contributed by atoms with van der Waals surface area (Å²) in [4.78, 5) is 41.3. The molecule has 0 aliphatic carbocycles. The molecule has 6 rings (SSSR count). The van der Waals surface area contributed by atoms with Crippen LogP contribution in [0.1, 0.15) is 54.4 Å². The Morgan fingerprint density at radius 2 is 0.892 bits per heavy atom. The van der Waals surface area contributed by atoms with Gasteiger partial charge in [-0.25, -0.2) is 0 Å². The molecule has 15 nitrogen and oxygen atoms in total. The molecule has 0 atom stereocenters. The van der Waals surface area contributed by atoms with Gasteiger partial charge < -0.3 is 54.0 Å². The van der Waals surface area contributed by atoms with Gasteiger partial charge in [-0.1, -0.05) is 68.1 Å². The quantitative estimate of drug-likeness (QED) is 0.0179. The average molecular weight is 1100 g/mol. The van der Waals surface area contributed by atoms with Crippen molar-refractivity contribution in [3.63, 3.8) is 0 Å². The smallest absolute Gasteiger partial charge is 0.420 e. The molecule has 0 saturated carbocycles. The predicted octanol–water partition coefficient (Wildman–Crippen LogP) is 11.4. The highest BCUT2D eigenvalue weighted by molar-refractivity contribution is 6.71. The Kier molecular flexibility index (Phi) is 34.2. The van der Waals surface area contributed by atoms with E-state index >= 15 is 0 Å². The van der Waals surface area contributed by atoms with E-state index in [2.05, 4.69) is 107 Å². The number of nitrogens with two attached hydrogens (primary N) is 2. The number of hydrogen-bond acceptors (Lipinski definition) is 12. The van der Waals surface area contributed by atoms with Crippen LogP contribution < -0.4 is 27.4 Å². The van der Waals surface area contributed by atoms with E-state index in [1.165, 1.54) is 58.5 Å². The lowest BCUT2D eigenvalue weighted by atomic mass is 10.0. The van der Waals surface area contributed by atoms with Gasteiger partial charge in [-0.2, -0.15) is 0 Å². The Bertz CT molecular complexity index is 2590. The van der Waals surface area contributed by atoms with Gasteiger partial charge in [-0.05, 0) is 161 Å². The third-order valence-corrected chi connectivity index (χ3v) is 19.8. The van der Waals surface area contributed by atoms with Gasteiger partial charge in [0.1, 0.15) is 0 Å². The van der Waals surface area contributed by atoms with Gasteiger partial charge in [0.2, 0.25) is 23.0 Å². The molecule has 0 unspecified atom stereocenters. The molecule has 0 heterocycles. The zero-order valence-corrected chi connectivity index (χ0v) is 49.1. The van der Waals surface area contributed by atoms with Gasteiger partial charge >= 0.3 is 17.4 Å². The lowest BCUT2D eigenvalue weighted by Crippen LogP contribution is -2.42. The summed E-state index contributed by atoms with van der Waals surface area (Å²) in [5.74, 6) is 0.0141. The van der Waals surface area contributed by atoms with Crippen molar-refractivity contribution in [2.45, 2.75) is 92.2 Å². The highest BCUT2D eigenvalue weighted by Crippen LogP contribution is 2.26. The molecule has 0 aromatic heterocycles. The van der Waals surface area contributed by atoms with Gasteiger partial charge in [0.05, 0.1) is 0 Å². The number of carbonyl (C=O) groups excluding carboxylic acids is 4. The van der Waals surface area contributed by atoms with Crippen molar-refractivity contribution in [1.29, 1.82) is 0 Å². The fraction of sp³-hybridized carbons (Fsp3) is 0.418.